The van der Waals surface area contributed by atoms with Crippen LogP contribution in [0.3, 0.4) is 0 Å². The maximum atomic E-state index is 13.3. The SMILES string of the molecule is CCn1cc(C(=O)N2CCCC2C2COCCC2O)c2ccccc21. The minimum atomic E-state index is -0.371. The third kappa shape index (κ3) is 2.85. The first-order valence-corrected chi connectivity index (χ1v) is 9.35. The average Bonchev–Trinajstić information content (AvgIpc) is 3.26. The van der Waals surface area contributed by atoms with Crippen LogP contribution in [-0.4, -0.2) is 52.4 Å². The summed E-state index contributed by atoms with van der Waals surface area (Å²) in [6.45, 7) is 4.86. The molecule has 4 rings (SSSR count). The highest BCUT2D eigenvalue weighted by molar-refractivity contribution is 6.07. The molecule has 2 saturated heterocycles. The van der Waals surface area contributed by atoms with E-state index in [0.29, 0.717) is 19.6 Å². The molecule has 0 spiro atoms. The summed E-state index contributed by atoms with van der Waals surface area (Å²) in [5.74, 6) is 0.114. The van der Waals surface area contributed by atoms with Crippen molar-refractivity contribution in [1.29, 1.82) is 0 Å². The molecule has 25 heavy (non-hydrogen) atoms. The second-order valence-electron chi connectivity index (χ2n) is 7.15. The van der Waals surface area contributed by atoms with E-state index in [1.165, 1.54) is 0 Å². The monoisotopic (exact) mass is 342 g/mol. The van der Waals surface area contributed by atoms with Gasteiger partial charge in [0.05, 0.1) is 18.3 Å². The van der Waals surface area contributed by atoms with E-state index in [9.17, 15) is 9.90 Å². The van der Waals surface area contributed by atoms with E-state index in [0.717, 1.165) is 42.4 Å². The second-order valence-corrected chi connectivity index (χ2v) is 7.15. The molecule has 5 nitrogen and oxygen atoms in total. The lowest BCUT2D eigenvalue weighted by atomic mass is 9.89. The van der Waals surface area contributed by atoms with E-state index in [1.54, 1.807) is 0 Å². The van der Waals surface area contributed by atoms with Crippen molar-refractivity contribution < 1.29 is 14.6 Å². The molecule has 2 aromatic rings. The summed E-state index contributed by atoms with van der Waals surface area (Å²) in [6.07, 6.45) is 4.22. The molecule has 2 aliphatic rings. The van der Waals surface area contributed by atoms with Crippen LogP contribution in [0.15, 0.2) is 30.5 Å². The molecule has 3 unspecified atom stereocenters. The summed E-state index contributed by atoms with van der Waals surface area (Å²) < 4.78 is 7.72. The highest BCUT2D eigenvalue weighted by Crippen LogP contribution is 2.32. The number of rotatable bonds is 3. The lowest BCUT2D eigenvalue weighted by Gasteiger charge is -2.37. The number of aliphatic hydroxyl groups excluding tert-OH is 1. The zero-order valence-corrected chi connectivity index (χ0v) is 14.7. The predicted molar refractivity (Wildman–Crippen MR) is 96.6 cm³/mol. The number of likely N-dealkylation sites (tertiary alicyclic amines) is 1. The van der Waals surface area contributed by atoms with Gasteiger partial charge in [-0.3, -0.25) is 4.79 Å². The Balaban J connectivity index is 1.66. The van der Waals surface area contributed by atoms with E-state index in [2.05, 4.69) is 17.6 Å². The fourth-order valence-electron chi connectivity index (χ4n) is 4.44. The zero-order valence-electron chi connectivity index (χ0n) is 14.7. The van der Waals surface area contributed by atoms with Crippen molar-refractivity contribution in [2.45, 2.75) is 44.9 Å². The number of carbonyl (C=O) groups excluding carboxylic acids is 1. The molecule has 3 atom stereocenters. The number of aromatic nitrogens is 1. The van der Waals surface area contributed by atoms with Gasteiger partial charge in [-0.25, -0.2) is 0 Å². The topological polar surface area (TPSA) is 54.7 Å². The minimum Gasteiger partial charge on any atom is -0.393 e. The van der Waals surface area contributed by atoms with Gasteiger partial charge in [-0.1, -0.05) is 18.2 Å². The van der Waals surface area contributed by atoms with Gasteiger partial charge in [-0.2, -0.15) is 0 Å². The van der Waals surface area contributed by atoms with Crippen molar-refractivity contribution in [2.24, 2.45) is 5.92 Å². The number of aliphatic hydroxyl groups is 1. The number of fused-ring (bicyclic) bond motifs is 1. The molecule has 1 aromatic heterocycles. The number of benzene rings is 1. The Morgan fingerprint density at radius 3 is 2.96 bits per heavy atom. The third-order valence-corrected chi connectivity index (χ3v) is 5.78. The number of aryl methyl sites for hydroxylation is 1. The normalized spacial score (nSPS) is 27.1. The highest BCUT2D eigenvalue weighted by atomic mass is 16.5. The molecule has 2 aliphatic heterocycles. The molecule has 1 N–H and O–H groups in total. The first-order chi connectivity index (χ1) is 12.2. The molecule has 3 heterocycles. The molecule has 0 saturated carbocycles. The van der Waals surface area contributed by atoms with E-state index in [4.69, 9.17) is 4.74 Å². The Labute approximate surface area is 148 Å². The first kappa shape index (κ1) is 16.6. The Bertz CT molecular complexity index is 769. The van der Waals surface area contributed by atoms with Crippen molar-refractivity contribution in [2.75, 3.05) is 19.8 Å². The number of nitrogens with zero attached hydrogens (tertiary/aromatic N) is 2. The third-order valence-electron chi connectivity index (χ3n) is 5.78. The summed E-state index contributed by atoms with van der Waals surface area (Å²) in [4.78, 5) is 15.3. The number of carbonyl (C=O) groups is 1. The lowest BCUT2D eigenvalue weighted by molar-refractivity contribution is -0.0589. The van der Waals surface area contributed by atoms with Crippen molar-refractivity contribution in [3.63, 3.8) is 0 Å². The maximum Gasteiger partial charge on any atom is 0.256 e. The van der Waals surface area contributed by atoms with Gasteiger partial charge in [0.1, 0.15) is 0 Å². The standard InChI is InChI=1S/C20H26N2O3/c1-2-21-12-15(14-6-3-4-7-17(14)21)20(24)22-10-5-8-18(22)16-13-25-11-9-19(16)23/h3-4,6-7,12,16,18-19,23H,2,5,8-11,13H2,1H3. The Morgan fingerprint density at radius 1 is 1.32 bits per heavy atom. The van der Waals surface area contributed by atoms with Gasteiger partial charge >= 0.3 is 0 Å². The van der Waals surface area contributed by atoms with E-state index >= 15 is 0 Å². The fraction of sp³-hybridized carbons (Fsp3) is 0.550. The van der Waals surface area contributed by atoms with Gasteiger partial charge < -0.3 is 19.3 Å². The van der Waals surface area contributed by atoms with Gasteiger partial charge in [0.15, 0.2) is 0 Å². The second kappa shape index (κ2) is 6.81. The van der Waals surface area contributed by atoms with Gasteiger partial charge in [0.2, 0.25) is 0 Å². The smallest absolute Gasteiger partial charge is 0.256 e. The van der Waals surface area contributed by atoms with Crippen LogP contribution in [0.4, 0.5) is 0 Å². The van der Waals surface area contributed by atoms with Crippen LogP contribution in [-0.2, 0) is 11.3 Å². The van der Waals surface area contributed by atoms with Crippen LogP contribution in [0.2, 0.25) is 0 Å². The first-order valence-electron chi connectivity index (χ1n) is 9.35. The highest BCUT2D eigenvalue weighted by Gasteiger charge is 2.40. The van der Waals surface area contributed by atoms with Crippen molar-refractivity contribution in [1.82, 2.24) is 9.47 Å². The number of hydrogen-bond donors (Lipinski definition) is 1. The summed E-state index contributed by atoms with van der Waals surface area (Å²) >= 11 is 0. The number of ether oxygens (including phenoxy) is 1. The van der Waals surface area contributed by atoms with E-state index < -0.39 is 0 Å². The Hall–Kier alpha value is -1.85. The Kier molecular flexibility index (Phi) is 4.52. The average molecular weight is 342 g/mol. The molecular weight excluding hydrogens is 316 g/mol. The molecule has 5 heteroatoms. The molecular formula is C20H26N2O3. The largest absolute Gasteiger partial charge is 0.393 e. The molecule has 0 radical (unpaired) electrons. The van der Waals surface area contributed by atoms with Crippen LogP contribution in [0.5, 0.6) is 0 Å². The predicted octanol–water partition coefficient (Wildman–Crippen LogP) is 2.66. The van der Waals surface area contributed by atoms with Gasteiger partial charge in [-0.05, 0) is 32.3 Å². The number of hydrogen-bond acceptors (Lipinski definition) is 3. The molecule has 1 amide bonds. The van der Waals surface area contributed by atoms with Crippen LogP contribution in [0.1, 0.15) is 36.5 Å². The van der Waals surface area contributed by atoms with Crippen LogP contribution < -0.4 is 0 Å². The Morgan fingerprint density at radius 2 is 2.16 bits per heavy atom. The molecule has 1 aromatic carbocycles. The minimum absolute atomic E-state index is 0.0275. The van der Waals surface area contributed by atoms with Crippen LogP contribution in [0.25, 0.3) is 10.9 Å². The summed E-state index contributed by atoms with van der Waals surface area (Å²) in [5.41, 5.74) is 1.88. The zero-order chi connectivity index (χ0) is 17.4. The van der Waals surface area contributed by atoms with Crippen LogP contribution >= 0.6 is 0 Å². The summed E-state index contributed by atoms with van der Waals surface area (Å²) in [5, 5.41) is 11.4. The van der Waals surface area contributed by atoms with Crippen molar-refractivity contribution in [3.8, 4) is 0 Å². The summed E-state index contributed by atoms with van der Waals surface area (Å²) in [6, 6.07) is 8.16. The fourth-order valence-corrected chi connectivity index (χ4v) is 4.44. The maximum absolute atomic E-state index is 13.3. The number of para-hydroxylation sites is 1. The molecule has 0 bridgehead atoms. The van der Waals surface area contributed by atoms with Crippen LogP contribution in [0, 0.1) is 5.92 Å². The number of amides is 1. The quantitative estimate of drug-likeness (QED) is 0.933. The summed E-state index contributed by atoms with van der Waals surface area (Å²) in [7, 11) is 0. The van der Waals surface area contributed by atoms with Crippen molar-refractivity contribution >= 4 is 16.8 Å². The van der Waals surface area contributed by atoms with Gasteiger partial charge in [0.25, 0.3) is 5.91 Å². The molecule has 0 aliphatic carbocycles. The molecule has 134 valence electrons. The van der Waals surface area contributed by atoms with E-state index in [-0.39, 0.29) is 24.0 Å². The van der Waals surface area contributed by atoms with Gasteiger partial charge in [0, 0.05) is 48.8 Å². The van der Waals surface area contributed by atoms with E-state index in [1.807, 2.05) is 29.3 Å². The lowest BCUT2D eigenvalue weighted by Crippen LogP contribution is -2.48. The van der Waals surface area contributed by atoms with Crippen molar-refractivity contribution in [3.05, 3.63) is 36.0 Å². The van der Waals surface area contributed by atoms with Gasteiger partial charge in [-0.15, -0.1) is 0 Å². The molecule has 2 fully saturated rings.